The highest BCUT2D eigenvalue weighted by atomic mass is 35.5. The Morgan fingerprint density at radius 3 is 2.56 bits per heavy atom. The first-order chi connectivity index (χ1) is 7.00. The molecule has 1 atom stereocenters. The van der Waals surface area contributed by atoms with Crippen molar-refractivity contribution in [2.24, 2.45) is 5.73 Å². The van der Waals surface area contributed by atoms with Crippen molar-refractivity contribution in [1.82, 2.24) is 0 Å². The number of carbonyl (C=O) groups is 1. The van der Waals surface area contributed by atoms with E-state index in [1.807, 2.05) is 0 Å². The number of amides is 1. The molecule has 0 aliphatic heterocycles. The third-order valence-electron chi connectivity index (χ3n) is 1.82. The molecule has 1 aromatic rings. The summed E-state index contributed by atoms with van der Waals surface area (Å²) >= 11 is 0. The molecule has 1 aromatic carbocycles. The minimum Gasteiger partial charge on any atom is -0.325 e. The zero-order valence-electron chi connectivity index (χ0n) is 8.61. The van der Waals surface area contributed by atoms with Gasteiger partial charge in [-0.3, -0.25) is 4.79 Å². The van der Waals surface area contributed by atoms with E-state index in [0.717, 1.165) is 0 Å². The van der Waals surface area contributed by atoms with E-state index in [1.165, 1.54) is 31.2 Å². The van der Waals surface area contributed by atoms with Crippen LogP contribution in [-0.2, 0) is 4.79 Å². The van der Waals surface area contributed by atoms with Crippen LogP contribution in [0.25, 0.3) is 0 Å². The van der Waals surface area contributed by atoms with E-state index < -0.39 is 18.4 Å². The largest absolute Gasteiger partial charge is 0.325 e. The fourth-order valence-corrected chi connectivity index (χ4v) is 1.01. The lowest BCUT2D eigenvalue weighted by Crippen LogP contribution is -2.32. The Morgan fingerprint density at radius 2 is 2.06 bits per heavy atom. The monoisotopic (exact) mass is 250 g/mol. The Hall–Kier alpha value is -1.20. The number of hydrogen-bond acceptors (Lipinski definition) is 2. The predicted molar refractivity (Wildman–Crippen MR) is 60.9 cm³/mol. The molecule has 0 bridgehead atoms. The lowest BCUT2D eigenvalue weighted by molar-refractivity contribution is -0.117. The van der Waals surface area contributed by atoms with Crippen LogP contribution in [0.4, 0.5) is 14.5 Å². The van der Waals surface area contributed by atoms with Crippen molar-refractivity contribution in [1.29, 1.82) is 0 Å². The first-order valence-corrected chi connectivity index (χ1v) is 4.45. The van der Waals surface area contributed by atoms with E-state index in [0.29, 0.717) is 5.69 Å². The minimum atomic E-state index is -2.54. The van der Waals surface area contributed by atoms with Crippen LogP contribution in [-0.4, -0.2) is 11.9 Å². The van der Waals surface area contributed by atoms with E-state index in [-0.39, 0.29) is 18.0 Å². The molecule has 0 aromatic heterocycles. The summed E-state index contributed by atoms with van der Waals surface area (Å²) in [5, 5.41) is 2.44. The molecule has 1 amide bonds. The Bertz CT molecular complexity index is 358. The van der Waals surface area contributed by atoms with Crippen molar-refractivity contribution in [3.63, 3.8) is 0 Å². The number of carbonyl (C=O) groups excluding carboxylic acids is 1. The van der Waals surface area contributed by atoms with Crippen molar-refractivity contribution in [3.05, 3.63) is 29.8 Å². The molecule has 0 aliphatic carbocycles. The van der Waals surface area contributed by atoms with Gasteiger partial charge >= 0.3 is 0 Å². The summed E-state index contributed by atoms with van der Waals surface area (Å²) in [5.41, 5.74) is 5.52. The lowest BCUT2D eigenvalue weighted by Gasteiger charge is -2.08. The average molecular weight is 251 g/mol. The number of hydrogen-bond donors (Lipinski definition) is 2. The minimum absolute atomic E-state index is 0. The summed E-state index contributed by atoms with van der Waals surface area (Å²) in [4.78, 5) is 11.2. The van der Waals surface area contributed by atoms with Crippen LogP contribution in [0.5, 0.6) is 0 Å². The van der Waals surface area contributed by atoms with Gasteiger partial charge in [-0.25, -0.2) is 8.78 Å². The molecule has 0 aliphatic rings. The second-order valence-corrected chi connectivity index (χ2v) is 3.20. The van der Waals surface area contributed by atoms with E-state index in [1.54, 1.807) is 0 Å². The van der Waals surface area contributed by atoms with E-state index in [4.69, 9.17) is 5.73 Å². The summed E-state index contributed by atoms with van der Waals surface area (Å²) < 4.78 is 24.6. The van der Waals surface area contributed by atoms with Crippen LogP contribution in [0.15, 0.2) is 24.3 Å². The Labute approximate surface area is 98.4 Å². The van der Waals surface area contributed by atoms with Gasteiger partial charge in [-0.15, -0.1) is 12.4 Å². The van der Waals surface area contributed by atoms with Gasteiger partial charge in [0.15, 0.2) is 0 Å². The van der Waals surface area contributed by atoms with Gasteiger partial charge in [0.1, 0.15) is 0 Å². The molecular weight excluding hydrogens is 238 g/mol. The van der Waals surface area contributed by atoms with E-state index in [9.17, 15) is 13.6 Å². The highest BCUT2D eigenvalue weighted by molar-refractivity contribution is 5.94. The molecule has 0 saturated carbocycles. The molecule has 1 rings (SSSR count). The SMILES string of the molecule is C[C@@H](N)C(=O)Nc1cccc(C(F)F)c1.Cl. The number of anilines is 1. The number of nitrogens with two attached hydrogens (primary N) is 1. The number of alkyl halides is 2. The Morgan fingerprint density at radius 1 is 1.44 bits per heavy atom. The number of benzene rings is 1. The maximum absolute atomic E-state index is 12.3. The van der Waals surface area contributed by atoms with Gasteiger partial charge in [-0.05, 0) is 19.1 Å². The molecule has 0 unspecified atom stereocenters. The van der Waals surface area contributed by atoms with Crippen LogP contribution in [0, 0.1) is 0 Å². The highest BCUT2D eigenvalue weighted by Gasteiger charge is 2.10. The summed E-state index contributed by atoms with van der Waals surface area (Å²) in [5.74, 6) is -0.401. The molecule has 90 valence electrons. The fraction of sp³-hybridized carbons (Fsp3) is 0.300. The third-order valence-corrected chi connectivity index (χ3v) is 1.82. The van der Waals surface area contributed by atoms with Crippen LogP contribution in [0.3, 0.4) is 0 Å². The number of rotatable bonds is 3. The number of halogens is 3. The van der Waals surface area contributed by atoms with Crippen LogP contribution < -0.4 is 11.1 Å². The van der Waals surface area contributed by atoms with Gasteiger partial charge in [-0.2, -0.15) is 0 Å². The van der Waals surface area contributed by atoms with Gasteiger partial charge in [0, 0.05) is 11.3 Å². The summed E-state index contributed by atoms with van der Waals surface area (Å²) in [6, 6.07) is 4.85. The second-order valence-electron chi connectivity index (χ2n) is 3.20. The maximum atomic E-state index is 12.3. The van der Waals surface area contributed by atoms with Crippen LogP contribution in [0.2, 0.25) is 0 Å². The zero-order valence-corrected chi connectivity index (χ0v) is 9.43. The summed E-state index contributed by atoms with van der Waals surface area (Å²) in [7, 11) is 0. The summed E-state index contributed by atoms with van der Waals surface area (Å²) in [6.45, 7) is 1.52. The van der Waals surface area contributed by atoms with Crippen LogP contribution >= 0.6 is 12.4 Å². The van der Waals surface area contributed by atoms with Gasteiger partial charge in [0.25, 0.3) is 6.43 Å². The van der Waals surface area contributed by atoms with Crippen molar-refractivity contribution >= 4 is 24.0 Å². The molecule has 0 radical (unpaired) electrons. The standard InChI is InChI=1S/C10H12F2N2O.ClH/c1-6(13)10(15)14-8-4-2-3-7(5-8)9(11)12;/h2-6,9H,13H2,1H3,(H,14,15);1H/t6-;/m1./s1. The van der Waals surface area contributed by atoms with Crippen molar-refractivity contribution < 1.29 is 13.6 Å². The van der Waals surface area contributed by atoms with Crippen molar-refractivity contribution in [2.75, 3.05) is 5.32 Å². The molecule has 3 nitrogen and oxygen atoms in total. The van der Waals surface area contributed by atoms with Gasteiger partial charge in [0.05, 0.1) is 6.04 Å². The molecule has 0 spiro atoms. The van der Waals surface area contributed by atoms with Crippen molar-refractivity contribution in [3.8, 4) is 0 Å². The maximum Gasteiger partial charge on any atom is 0.263 e. The molecule has 0 heterocycles. The van der Waals surface area contributed by atoms with E-state index in [2.05, 4.69) is 5.32 Å². The topological polar surface area (TPSA) is 55.1 Å². The third kappa shape index (κ3) is 4.12. The van der Waals surface area contributed by atoms with Gasteiger partial charge in [0.2, 0.25) is 5.91 Å². The second kappa shape index (κ2) is 6.40. The first-order valence-electron chi connectivity index (χ1n) is 4.45. The summed E-state index contributed by atoms with van der Waals surface area (Å²) in [6.07, 6.45) is -2.54. The predicted octanol–water partition coefficient (Wildman–Crippen LogP) is 2.33. The quantitative estimate of drug-likeness (QED) is 0.865. The molecule has 6 heteroatoms. The molecule has 16 heavy (non-hydrogen) atoms. The fourth-order valence-electron chi connectivity index (χ4n) is 1.01. The molecule has 3 N–H and O–H groups in total. The highest BCUT2D eigenvalue weighted by Crippen LogP contribution is 2.21. The van der Waals surface area contributed by atoms with Gasteiger partial charge in [-0.1, -0.05) is 12.1 Å². The molecule has 0 saturated heterocycles. The number of nitrogens with one attached hydrogen (secondary N) is 1. The smallest absolute Gasteiger partial charge is 0.263 e. The lowest BCUT2D eigenvalue weighted by atomic mass is 10.2. The molecular formula is C10H13ClF2N2O. The molecule has 0 fully saturated rings. The van der Waals surface area contributed by atoms with E-state index >= 15 is 0 Å². The zero-order chi connectivity index (χ0) is 11.4. The average Bonchev–Trinajstić information content (AvgIpc) is 2.18. The van der Waals surface area contributed by atoms with Crippen molar-refractivity contribution in [2.45, 2.75) is 19.4 Å². The first kappa shape index (κ1) is 14.8. The van der Waals surface area contributed by atoms with Crippen LogP contribution in [0.1, 0.15) is 18.9 Å². The normalized spacial score (nSPS) is 11.8. The van der Waals surface area contributed by atoms with Gasteiger partial charge < -0.3 is 11.1 Å². The Balaban J connectivity index is 0.00000225. The Kier molecular flexibility index (Phi) is 5.92.